The summed E-state index contributed by atoms with van der Waals surface area (Å²) in [5.41, 5.74) is 6.52. The van der Waals surface area contributed by atoms with E-state index in [2.05, 4.69) is 26.1 Å². The third-order valence-corrected chi connectivity index (χ3v) is 3.41. The van der Waals surface area contributed by atoms with Crippen molar-refractivity contribution in [2.75, 3.05) is 7.05 Å². The SMILES string of the molecule is CC1=CN(C)[N]N1N=Nc1ccc(N=Nc2n(C)cc[n+]2C)cc1. The summed E-state index contributed by atoms with van der Waals surface area (Å²) < 4.78 is 3.80. The predicted molar refractivity (Wildman–Crippen MR) is 87.2 cm³/mol. The molecule has 1 aliphatic heterocycles. The van der Waals surface area contributed by atoms with Crippen LogP contribution < -0.4 is 10.1 Å². The van der Waals surface area contributed by atoms with Crippen molar-refractivity contribution in [2.45, 2.75) is 6.92 Å². The maximum absolute atomic E-state index is 4.25. The highest BCUT2D eigenvalue weighted by atomic mass is 15.9. The van der Waals surface area contributed by atoms with Gasteiger partial charge in [0, 0.05) is 23.9 Å². The highest BCUT2D eigenvalue weighted by molar-refractivity contribution is 5.46. The van der Waals surface area contributed by atoms with Crippen LogP contribution in [0.3, 0.4) is 0 Å². The molecule has 0 spiro atoms. The number of hydrogen-bond acceptors (Lipinski definition) is 5. The lowest BCUT2D eigenvalue weighted by Crippen LogP contribution is -2.26. The van der Waals surface area contributed by atoms with Crippen molar-refractivity contribution in [1.29, 1.82) is 0 Å². The number of hydrogen-bond donors (Lipinski definition) is 0. The van der Waals surface area contributed by atoms with E-state index in [0.29, 0.717) is 0 Å². The highest BCUT2D eigenvalue weighted by Gasteiger charge is 2.15. The largest absolute Gasteiger partial charge is 0.421 e. The molecule has 1 aromatic carbocycles. The maximum Gasteiger partial charge on any atom is 0.421 e. The van der Waals surface area contributed by atoms with E-state index in [1.54, 1.807) is 5.01 Å². The summed E-state index contributed by atoms with van der Waals surface area (Å²) in [5.74, 6) is 0.765. The number of aromatic nitrogens is 2. The first-order valence-corrected chi connectivity index (χ1v) is 7.40. The van der Waals surface area contributed by atoms with Crippen molar-refractivity contribution in [3.8, 4) is 0 Å². The number of imidazole rings is 1. The molecule has 0 fully saturated rings. The van der Waals surface area contributed by atoms with Crippen LogP contribution in [0.5, 0.6) is 0 Å². The Bertz CT molecular complexity index is 781. The Kier molecular flexibility index (Phi) is 4.34. The molecule has 9 nitrogen and oxygen atoms in total. The molecular formula is C15H19N9+. The van der Waals surface area contributed by atoms with Gasteiger partial charge in [-0.15, -0.1) is 10.2 Å². The van der Waals surface area contributed by atoms with Gasteiger partial charge in [0.05, 0.1) is 37.9 Å². The van der Waals surface area contributed by atoms with Crippen molar-refractivity contribution in [2.24, 2.45) is 34.7 Å². The summed E-state index contributed by atoms with van der Waals surface area (Å²) in [5, 5.41) is 19.9. The van der Waals surface area contributed by atoms with Crippen LogP contribution in [0.1, 0.15) is 6.92 Å². The van der Waals surface area contributed by atoms with Gasteiger partial charge in [0.25, 0.3) is 0 Å². The maximum atomic E-state index is 4.25. The zero-order valence-electron chi connectivity index (χ0n) is 14.1. The second-order valence-electron chi connectivity index (χ2n) is 5.45. The van der Waals surface area contributed by atoms with Crippen LogP contribution in [-0.4, -0.2) is 21.7 Å². The first-order valence-electron chi connectivity index (χ1n) is 7.40. The average molecular weight is 325 g/mol. The molecule has 24 heavy (non-hydrogen) atoms. The van der Waals surface area contributed by atoms with Gasteiger partial charge in [0.2, 0.25) is 0 Å². The fourth-order valence-electron chi connectivity index (χ4n) is 2.15. The zero-order valence-corrected chi connectivity index (χ0v) is 14.1. The van der Waals surface area contributed by atoms with Crippen LogP contribution >= 0.6 is 0 Å². The van der Waals surface area contributed by atoms with E-state index < -0.39 is 0 Å². The smallest absolute Gasteiger partial charge is 0.278 e. The van der Waals surface area contributed by atoms with Gasteiger partial charge in [-0.05, 0) is 36.4 Å². The molecule has 9 heteroatoms. The second-order valence-corrected chi connectivity index (χ2v) is 5.45. The molecule has 1 aliphatic rings. The molecule has 123 valence electrons. The van der Waals surface area contributed by atoms with Crippen molar-refractivity contribution in [3.63, 3.8) is 0 Å². The molecule has 0 amide bonds. The van der Waals surface area contributed by atoms with Crippen LogP contribution in [0.15, 0.2) is 69.1 Å². The van der Waals surface area contributed by atoms with E-state index >= 15 is 0 Å². The Morgan fingerprint density at radius 3 is 2.21 bits per heavy atom. The zero-order chi connectivity index (χ0) is 17.1. The first-order chi connectivity index (χ1) is 11.5. The van der Waals surface area contributed by atoms with Crippen LogP contribution in [0.4, 0.5) is 17.3 Å². The highest BCUT2D eigenvalue weighted by Crippen LogP contribution is 2.21. The lowest BCUT2D eigenvalue weighted by atomic mass is 10.3. The molecule has 0 bridgehead atoms. The summed E-state index contributed by atoms with van der Waals surface area (Å²) in [6, 6.07) is 7.36. The fraction of sp³-hybridized carbons (Fsp3) is 0.267. The minimum absolute atomic E-state index is 0.718. The Balaban J connectivity index is 1.67. The summed E-state index contributed by atoms with van der Waals surface area (Å²) >= 11 is 0. The number of aryl methyl sites for hydroxylation is 2. The van der Waals surface area contributed by atoms with Gasteiger partial charge in [-0.1, -0.05) is 5.11 Å². The van der Waals surface area contributed by atoms with Crippen molar-refractivity contribution in [3.05, 3.63) is 48.6 Å². The fourth-order valence-corrected chi connectivity index (χ4v) is 2.15. The summed E-state index contributed by atoms with van der Waals surface area (Å²) in [6.07, 6.45) is 5.72. The van der Waals surface area contributed by atoms with Crippen molar-refractivity contribution >= 4 is 17.3 Å². The van der Waals surface area contributed by atoms with Gasteiger partial charge >= 0.3 is 5.95 Å². The standard InChI is InChI=1S/C15H19N9/c1-12-11-23(4)20-24(12)19-17-14-7-5-13(6-8-14)16-18-15-21(2)9-10-22(15)3/h5-11H,1-4H3/q+1. The molecule has 0 N–H and O–H groups in total. The number of nitrogens with zero attached hydrogens (tertiary/aromatic N) is 9. The van der Waals surface area contributed by atoms with Gasteiger partial charge in [-0.3, -0.25) is 5.01 Å². The Morgan fingerprint density at radius 1 is 1.00 bits per heavy atom. The van der Waals surface area contributed by atoms with Gasteiger partial charge in [0.15, 0.2) is 0 Å². The normalized spacial score (nSPS) is 15.1. The van der Waals surface area contributed by atoms with Crippen molar-refractivity contribution in [1.82, 2.24) is 20.2 Å². The first kappa shape index (κ1) is 15.8. The van der Waals surface area contributed by atoms with E-state index in [1.165, 1.54) is 5.12 Å². The number of azo groups is 1. The monoisotopic (exact) mass is 325 g/mol. The molecule has 2 heterocycles. The van der Waals surface area contributed by atoms with Gasteiger partial charge in [-0.25, -0.2) is 9.13 Å². The third kappa shape index (κ3) is 3.46. The van der Waals surface area contributed by atoms with E-state index in [0.717, 1.165) is 23.0 Å². The lowest BCUT2D eigenvalue weighted by molar-refractivity contribution is -0.657. The molecule has 1 radical (unpaired) electrons. The topological polar surface area (TPSA) is 78.8 Å². The summed E-state index contributed by atoms with van der Waals surface area (Å²) in [4.78, 5) is 0. The van der Waals surface area contributed by atoms with Crippen LogP contribution in [0.2, 0.25) is 0 Å². The molecule has 2 aromatic rings. The second kappa shape index (κ2) is 6.59. The molecule has 0 unspecified atom stereocenters. The minimum Gasteiger partial charge on any atom is -0.278 e. The Morgan fingerprint density at radius 2 is 1.67 bits per heavy atom. The van der Waals surface area contributed by atoms with Crippen LogP contribution in [-0.2, 0) is 14.1 Å². The average Bonchev–Trinajstić information content (AvgIpc) is 3.06. The van der Waals surface area contributed by atoms with Crippen molar-refractivity contribution < 1.29 is 4.57 Å². The van der Waals surface area contributed by atoms with Gasteiger partial charge < -0.3 is 0 Å². The number of rotatable bonds is 4. The van der Waals surface area contributed by atoms with E-state index in [9.17, 15) is 0 Å². The Labute approximate surface area is 140 Å². The third-order valence-electron chi connectivity index (χ3n) is 3.41. The van der Waals surface area contributed by atoms with Gasteiger partial charge in [-0.2, -0.15) is 0 Å². The molecule has 0 aliphatic carbocycles. The molecular weight excluding hydrogens is 306 g/mol. The molecule has 0 atom stereocenters. The van der Waals surface area contributed by atoms with E-state index in [4.69, 9.17) is 0 Å². The summed E-state index contributed by atoms with van der Waals surface area (Å²) in [7, 11) is 5.69. The predicted octanol–water partition coefficient (Wildman–Crippen LogP) is 2.81. The minimum atomic E-state index is 0.718. The molecule has 0 saturated carbocycles. The quantitative estimate of drug-likeness (QED) is 0.640. The molecule has 3 rings (SSSR count). The van der Waals surface area contributed by atoms with Gasteiger partial charge in [0.1, 0.15) is 5.69 Å². The molecule has 0 saturated heterocycles. The molecule has 1 aromatic heterocycles. The van der Waals surface area contributed by atoms with E-state index in [1.807, 2.05) is 80.1 Å². The number of allylic oxidation sites excluding steroid dienone is 1. The van der Waals surface area contributed by atoms with Crippen LogP contribution in [0, 0.1) is 0 Å². The van der Waals surface area contributed by atoms with Crippen LogP contribution in [0.25, 0.3) is 0 Å². The lowest BCUT2D eigenvalue weighted by Gasteiger charge is -2.10. The summed E-state index contributed by atoms with van der Waals surface area (Å²) in [6.45, 7) is 1.92. The van der Waals surface area contributed by atoms with E-state index in [-0.39, 0.29) is 0 Å². The number of benzene rings is 1. The Hall–Kier alpha value is -3.07.